The van der Waals surface area contributed by atoms with E-state index in [1.54, 1.807) is 11.3 Å². The van der Waals surface area contributed by atoms with Crippen molar-refractivity contribution in [1.82, 2.24) is 4.98 Å². The van der Waals surface area contributed by atoms with Crippen LogP contribution in [-0.4, -0.2) is 17.7 Å². The van der Waals surface area contributed by atoms with Gasteiger partial charge in [0.15, 0.2) is 0 Å². The zero-order chi connectivity index (χ0) is 14.4. The number of thiazole rings is 1. The smallest absolute Gasteiger partial charge is 0.0928 e. The number of aryl methyl sites for hydroxylation is 1. The number of alkyl halides is 1. The highest BCUT2D eigenvalue weighted by atomic mass is 35.5. The van der Waals surface area contributed by atoms with E-state index in [4.69, 9.17) is 16.3 Å². The maximum Gasteiger partial charge on any atom is 0.0928 e. The Morgan fingerprint density at radius 3 is 2.75 bits per heavy atom. The van der Waals surface area contributed by atoms with Gasteiger partial charge in [-0.15, -0.1) is 22.9 Å². The SMILES string of the molecule is CC1(C)CCC(OCCCCc2nc(CCl)cs2)CC1. The van der Waals surface area contributed by atoms with Crippen LogP contribution in [0.2, 0.25) is 0 Å². The molecule has 0 radical (unpaired) electrons. The van der Waals surface area contributed by atoms with Crippen molar-refractivity contribution in [2.24, 2.45) is 5.41 Å². The molecule has 1 heterocycles. The van der Waals surface area contributed by atoms with Crippen molar-refractivity contribution in [2.45, 2.75) is 70.8 Å². The van der Waals surface area contributed by atoms with Crippen molar-refractivity contribution < 1.29 is 4.74 Å². The number of halogens is 1. The molecule has 0 aliphatic heterocycles. The molecule has 0 atom stereocenters. The van der Waals surface area contributed by atoms with E-state index in [9.17, 15) is 0 Å². The number of ether oxygens (including phenoxy) is 1. The van der Waals surface area contributed by atoms with Crippen LogP contribution in [0.3, 0.4) is 0 Å². The quantitative estimate of drug-likeness (QED) is 0.510. The van der Waals surface area contributed by atoms with Gasteiger partial charge in [-0.2, -0.15) is 0 Å². The molecule has 4 heteroatoms. The van der Waals surface area contributed by atoms with Gasteiger partial charge >= 0.3 is 0 Å². The average molecular weight is 316 g/mol. The molecule has 0 N–H and O–H groups in total. The third kappa shape index (κ3) is 5.34. The summed E-state index contributed by atoms with van der Waals surface area (Å²) in [5.74, 6) is 0.525. The molecule has 1 fully saturated rings. The van der Waals surface area contributed by atoms with Crippen LogP contribution >= 0.6 is 22.9 Å². The minimum atomic E-state index is 0.505. The number of unbranched alkanes of at least 4 members (excludes halogenated alkanes) is 1. The normalized spacial score (nSPS) is 19.4. The number of nitrogens with zero attached hydrogens (tertiary/aromatic N) is 1. The van der Waals surface area contributed by atoms with E-state index in [-0.39, 0.29) is 0 Å². The Labute approximate surface area is 131 Å². The molecule has 2 nitrogen and oxygen atoms in total. The van der Waals surface area contributed by atoms with Gasteiger partial charge in [-0.25, -0.2) is 4.98 Å². The van der Waals surface area contributed by atoms with E-state index in [1.807, 2.05) is 0 Å². The minimum absolute atomic E-state index is 0.505. The molecule has 1 saturated carbocycles. The molecule has 0 aromatic carbocycles. The van der Waals surface area contributed by atoms with Crippen LogP contribution in [0, 0.1) is 5.41 Å². The summed E-state index contributed by atoms with van der Waals surface area (Å²) >= 11 is 7.48. The van der Waals surface area contributed by atoms with Gasteiger partial charge in [0.05, 0.1) is 22.7 Å². The number of aromatic nitrogens is 1. The van der Waals surface area contributed by atoms with Crippen LogP contribution in [0.4, 0.5) is 0 Å². The van der Waals surface area contributed by atoms with Crippen molar-refractivity contribution >= 4 is 22.9 Å². The highest BCUT2D eigenvalue weighted by Gasteiger charge is 2.26. The molecule has 0 saturated heterocycles. The lowest BCUT2D eigenvalue weighted by Gasteiger charge is -2.34. The first-order valence-electron chi connectivity index (χ1n) is 7.70. The van der Waals surface area contributed by atoms with E-state index in [0.29, 0.717) is 17.4 Å². The third-order valence-corrected chi connectivity index (χ3v) is 5.39. The Kier molecular flexibility index (Phi) is 6.31. The molecule has 0 spiro atoms. The lowest BCUT2D eigenvalue weighted by Crippen LogP contribution is -2.26. The van der Waals surface area contributed by atoms with Crippen molar-refractivity contribution in [2.75, 3.05) is 6.61 Å². The molecular formula is C16H26ClNOS. The molecule has 114 valence electrons. The van der Waals surface area contributed by atoms with E-state index in [2.05, 4.69) is 24.2 Å². The molecule has 0 amide bonds. The van der Waals surface area contributed by atoms with E-state index >= 15 is 0 Å². The lowest BCUT2D eigenvalue weighted by molar-refractivity contribution is 0.00292. The predicted molar refractivity (Wildman–Crippen MR) is 86.6 cm³/mol. The Morgan fingerprint density at radius 1 is 1.35 bits per heavy atom. The second kappa shape index (κ2) is 7.77. The van der Waals surface area contributed by atoms with Gasteiger partial charge in [-0.1, -0.05) is 13.8 Å². The van der Waals surface area contributed by atoms with Crippen LogP contribution in [0.5, 0.6) is 0 Å². The molecular weight excluding hydrogens is 290 g/mol. The fourth-order valence-corrected chi connectivity index (χ4v) is 3.76. The Hall–Kier alpha value is -0.120. The van der Waals surface area contributed by atoms with Crippen molar-refractivity contribution in [3.05, 3.63) is 16.1 Å². The fraction of sp³-hybridized carbons (Fsp3) is 0.812. The molecule has 0 bridgehead atoms. The number of hydrogen-bond acceptors (Lipinski definition) is 3. The van der Waals surface area contributed by atoms with Crippen LogP contribution < -0.4 is 0 Å². The summed E-state index contributed by atoms with van der Waals surface area (Å²) in [7, 11) is 0. The summed E-state index contributed by atoms with van der Waals surface area (Å²) in [6.07, 6.45) is 8.93. The Bertz CT molecular complexity index is 395. The molecule has 1 aliphatic rings. The van der Waals surface area contributed by atoms with Gasteiger partial charge in [-0.05, 0) is 50.4 Å². The van der Waals surface area contributed by atoms with Gasteiger partial charge in [0, 0.05) is 12.0 Å². The first-order chi connectivity index (χ1) is 9.59. The van der Waals surface area contributed by atoms with E-state index < -0.39 is 0 Å². The maximum atomic E-state index is 6.00. The summed E-state index contributed by atoms with van der Waals surface area (Å²) < 4.78 is 6.00. The zero-order valence-electron chi connectivity index (χ0n) is 12.7. The average Bonchev–Trinajstić information content (AvgIpc) is 2.88. The molecule has 0 unspecified atom stereocenters. The highest BCUT2D eigenvalue weighted by Crippen LogP contribution is 2.36. The van der Waals surface area contributed by atoms with Gasteiger partial charge in [0.1, 0.15) is 0 Å². The number of hydrogen-bond donors (Lipinski definition) is 0. The van der Waals surface area contributed by atoms with Crippen molar-refractivity contribution in [3.8, 4) is 0 Å². The van der Waals surface area contributed by atoms with Gasteiger partial charge in [0.2, 0.25) is 0 Å². The van der Waals surface area contributed by atoms with Gasteiger partial charge < -0.3 is 4.74 Å². The number of rotatable bonds is 7. The fourth-order valence-electron chi connectivity index (χ4n) is 2.69. The standard InChI is InChI=1S/C16H26ClNOS/c1-16(2)8-6-14(7-9-16)19-10-4-3-5-15-18-13(11-17)12-20-15/h12,14H,3-11H2,1-2H3. The molecule has 1 aromatic heterocycles. The molecule has 20 heavy (non-hydrogen) atoms. The van der Waals surface area contributed by atoms with Gasteiger partial charge in [-0.3, -0.25) is 0 Å². The van der Waals surface area contributed by atoms with Crippen molar-refractivity contribution in [3.63, 3.8) is 0 Å². The zero-order valence-corrected chi connectivity index (χ0v) is 14.2. The Morgan fingerprint density at radius 2 is 2.10 bits per heavy atom. The topological polar surface area (TPSA) is 22.1 Å². The second-order valence-corrected chi connectivity index (χ2v) is 7.77. The first kappa shape index (κ1) is 16.3. The largest absolute Gasteiger partial charge is 0.378 e. The summed E-state index contributed by atoms with van der Waals surface area (Å²) in [6.45, 7) is 5.64. The minimum Gasteiger partial charge on any atom is -0.378 e. The molecule has 1 aliphatic carbocycles. The van der Waals surface area contributed by atoms with Crippen molar-refractivity contribution in [1.29, 1.82) is 0 Å². The maximum absolute atomic E-state index is 6.00. The van der Waals surface area contributed by atoms with Crippen LogP contribution in [0.25, 0.3) is 0 Å². The summed E-state index contributed by atoms with van der Waals surface area (Å²) in [5.41, 5.74) is 1.54. The van der Waals surface area contributed by atoms with E-state index in [0.717, 1.165) is 31.6 Å². The summed E-state index contributed by atoms with van der Waals surface area (Å²) in [5, 5.41) is 3.27. The van der Waals surface area contributed by atoms with Gasteiger partial charge in [0.25, 0.3) is 0 Å². The Balaban J connectivity index is 1.54. The molecule has 1 aromatic rings. The summed E-state index contributed by atoms with van der Waals surface area (Å²) in [6, 6.07) is 0. The first-order valence-corrected chi connectivity index (χ1v) is 9.11. The predicted octanol–water partition coefficient (Wildman–Crippen LogP) is 5.19. The monoisotopic (exact) mass is 315 g/mol. The highest BCUT2D eigenvalue weighted by molar-refractivity contribution is 7.09. The second-order valence-electron chi connectivity index (χ2n) is 6.56. The summed E-state index contributed by atoms with van der Waals surface area (Å²) in [4.78, 5) is 4.48. The third-order valence-electron chi connectivity index (χ3n) is 4.16. The van der Waals surface area contributed by atoms with Crippen LogP contribution in [0.1, 0.15) is 63.1 Å². The van der Waals surface area contributed by atoms with Crippen LogP contribution in [0.15, 0.2) is 5.38 Å². The van der Waals surface area contributed by atoms with Crippen LogP contribution in [-0.2, 0) is 17.0 Å². The molecule has 2 rings (SSSR count). The van der Waals surface area contributed by atoms with E-state index in [1.165, 1.54) is 30.7 Å². The lowest BCUT2D eigenvalue weighted by atomic mass is 9.76.